The summed E-state index contributed by atoms with van der Waals surface area (Å²) in [7, 11) is 0. The predicted molar refractivity (Wildman–Crippen MR) is 72.0 cm³/mol. The van der Waals surface area contributed by atoms with Gasteiger partial charge < -0.3 is 4.57 Å². The summed E-state index contributed by atoms with van der Waals surface area (Å²) in [6.45, 7) is 2.74. The van der Waals surface area contributed by atoms with E-state index in [1.807, 2.05) is 6.92 Å². The third-order valence-electron chi connectivity index (χ3n) is 2.81. The van der Waals surface area contributed by atoms with E-state index in [0.29, 0.717) is 11.4 Å². The Kier molecular flexibility index (Phi) is 4.32. The predicted octanol–water partition coefficient (Wildman–Crippen LogP) is 3.51. The van der Waals surface area contributed by atoms with E-state index in [-0.39, 0.29) is 17.2 Å². The number of rotatable bonds is 5. The van der Waals surface area contributed by atoms with Crippen LogP contribution in [0, 0.1) is 5.82 Å². The average Bonchev–Trinajstić information content (AvgIpc) is 2.84. The van der Waals surface area contributed by atoms with Crippen LogP contribution in [0.4, 0.5) is 4.39 Å². The Hall–Kier alpha value is -1.68. The first-order valence-corrected chi connectivity index (χ1v) is 6.48. The Morgan fingerprint density at radius 1 is 1.47 bits per heavy atom. The molecule has 2 rings (SSSR count). The molecule has 0 amide bonds. The number of imidazole rings is 1. The van der Waals surface area contributed by atoms with E-state index in [1.54, 1.807) is 29.1 Å². The van der Waals surface area contributed by atoms with E-state index in [4.69, 9.17) is 11.6 Å². The monoisotopic (exact) mass is 280 g/mol. The highest BCUT2D eigenvalue weighted by Crippen LogP contribution is 2.19. The summed E-state index contributed by atoms with van der Waals surface area (Å²) in [5, 5.41) is 0.0298. The van der Waals surface area contributed by atoms with Gasteiger partial charge in [-0.25, -0.2) is 9.37 Å². The van der Waals surface area contributed by atoms with E-state index in [2.05, 4.69) is 4.98 Å². The highest BCUT2D eigenvalue weighted by molar-refractivity contribution is 6.30. The van der Waals surface area contributed by atoms with Crippen LogP contribution in [0.15, 0.2) is 30.6 Å². The van der Waals surface area contributed by atoms with Crippen molar-refractivity contribution >= 4 is 17.4 Å². The molecule has 1 aromatic heterocycles. The minimum absolute atomic E-state index is 0.0298. The van der Waals surface area contributed by atoms with Crippen molar-refractivity contribution < 1.29 is 9.18 Å². The van der Waals surface area contributed by atoms with E-state index in [9.17, 15) is 9.18 Å². The fraction of sp³-hybridized carbons (Fsp3) is 0.286. The fourth-order valence-corrected chi connectivity index (χ4v) is 2.11. The molecule has 19 heavy (non-hydrogen) atoms. The quantitative estimate of drug-likeness (QED) is 0.786. The number of halogens is 2. The first kappa shape index (κ1) is 13.7. The third kappa shape index (κ3) is 3.01. The van der Waals surface area contributed by atoms with Gasteiger partial charge in [-0.1, -0.05) is 30.7 Å². The van der Waals surface area contributed by atoms with E-state index < -0.39 is 5.82 Å². The zero-order valence-electron chi connectivity index (χ0n) is 10.6. The maximum absolute atomic E-state index is 13.7. The van der Waals surface area contributed by atoms with E-state index >= 15 is 0 Å². The Labute approximate surface area is 116 Å². The maximum Gasteiger partial charge on any atom is 0.202 e. The van der Waals surface area contributed by atoms with E-state index in [1.165, 1.54) is 6.07 Å². The lowest BCUT2D eigenvalue weighted by molar-refractivity contribution is 0.0977. The summed E-state index contributed by atoms with van der Waals surface area (Å²) < 4.78 is 15.5. The SMILES string of the molecule is CCCn1ccnc1C(=O)Cc1cccc(Cl)c1F. The number of Topliss-reactive ketones (excluding diaryl/α,β-unsaturated/α-hetero) is 1. The number of aryl methyl sites for hydroxylation is 1. The maximum atomic E-state index is 13.7. The van der Waals surface area contributed by atoms with Gasteiger partial charge in [0.25, 0.3) is 0 Å². The van der Waals surface area contributed by atoms with Gasteiger partial charge in [0.15, 0.2) is 5.82 Å². The summed E-state index contributed by atoms with van der Waals surface area (Å²) >= 11 is 5.70. The van der Waals surface area contributed by atoms with Crippen molar-refractivity contribution in [3.63, 3.8) is 0 Å². The summed E-state index contributed by atoms with van der Waals surface area (Å²) in [6.07, 6.45) is 4.21. The zero-order valence-corrected chi connectivity index (χ0v) is 11.3. The number of hydrogen-bond acceptors (Lipinski definition) is 2. The van der Waals surface area contributed by atoms with Crippen LogP contribution in [0.2, 0.25) is 5.02 Å². The van der Waals surface area contributed by atoms with Crippen LogP contribution < -0.4 is 0 Å². The minimum Gasteiger partial charge on any atom is -0.329 e. The Bertz CT molecular complexity index is 595. The molecule has 0 aliphatic carbocycles. The van der Waals surface area contributed by atoms with Gasteiger partial charge in [0.05, 0.1) is 5.02 Å². The van der Waals surface area contributed by atoms with Crippen LogP contribution in [0.3, 0.4) is 0 Å². The zero-order chi connectivity index (χ0) is 13.8. The molecule has 0 N–H and O–H groups in total. The lowest BCUT2D eigenvalue weighted by Gasteiger charge is -2.06. The summed E-state index contributed by atoms with van der Waals surface area (Å²) in [5.41, 5.74) is 0.295. The number of carbonyl (C=O) groups excluding carboxylic acids is 1. The largest absolute Gasteiger partial charge is 0.329 e. The molecule has 0 unspecified atom stereocenters. The van der Waals surface area contributed by atoms with Gasteiger partial charge in [0.1, 0.15) is 5.82 Å². The molecule has 0 saturated carbocycles. The molecule has 3 nitrogen and oxygen atoms in total. The first-order chi connectivity index (χ1) is 9.13. The molecule has 1 heterocycles. The molecule has 0 aliphatic rings. The summed E-state index contributed by atoms with van der Waals surface area (Å²) in [6, 6.07) is 4.65. The van der Waals surface area contributed by atoms with Gasteiger partial charge in [-0.3, -0.25) is 4.79 Å². The smallest absolute Gasteiger partial charge is 0.202 e. The molecule has 1 aromatic carbocycles. The van der Waals surface area contributed by atoms with Gasteiger partial charge in [-0.15, -0.1) is 0 Å². The van der Waals surface area contributed by atoms with Crippen molar-refractivity contribution in [2.45, 2.75) is 26.3 Å². The van der Waals surface area contributed by atoms with Crippen LogP contribution >= 0.6 is 11.6 Å². The number of benzene rings is 1. The second-order valence-corrected chi connectivity index (χ2v) is 4.66. The van der Waals surface area contributed by atoms with Crippen molar-refractivity contribution in [2.75, 3.05) is 0 Å². The number of nitrogens with zero attached hydrogens (tertiary/aromatic N) is 2. The minimum atomic E-state index is -0.536. The molecule has 0 saturated heterocycles. The van der Waals surface area contributed by atoms with Gasteiger partial charge in [0, 0.05) is 25.4 Å². The fourth-order valence-electron chi connectivity index (χ4n) is 1.92. The molecule has 5 heteroatoms. The second-order valence-electron chi connectivity index (χ2n) is 4.26. The van der Waals surface area contributed by atoms with Crippen LogP contribution in [0.1, 0.15) is 29.5 Å². The van der Waals surface area contributed by atoms with Gasteiger partial charge in [-0.2, -0.15) is 0 Å². The molecule has 0 radical (unpaired) electrons. The molecule has 0 bridgehead atoms. The molecule has 100 valence electrons. The van der Waals surface area contributed by atoms with Crippen LogP contribution in [-0.2, 0) is 13.0 Å². The Balaban J connectivity index is 2.21. The summed E-state index contributed by atoms with van der Waals surface area (Å²) in [5.74, 6) is -0.382. The Morgan fingerprint density at radius 3 is 3.00 bits per heavy atom. The number of carbonyl (C=O) groups is 1. The van der Waals surface area contributed by atoms with Crippen LogP contribution in [-0.4, -0.2) is 15.3 Å². The molecule has 0 fully saturated rings. The standard InChI is InChI=1S/C14H14ClFN2O/c1-2-7-18-8-6-17-14(18)12(19)9-10-4-3-5-11(15)13(10)16/h3-6,8H,2,7,9H2,1H3. The van der Waals surface area contributed by atoms with E-state index in [0.717, 1.165) is 13.0 Å². The third-order valence-corrected chi connectivity index (χ3v) is 3.10. The van der Waals surface area contributed by atoms with Crippen molar-refractivity contribution in [2.24, 2.45) is 0 Å². The summed E-state index contributed by atoms with van der Waals surface area (Å²) in [4.78, 5) is 16.2. The second kappa shape index (κ2) is 5.97. The van der Waals surface area contributed by atoms with Crippen LogP contribution in [0.5, 0.6) is 0 Å². The molecular weight excluding hydrogens is 267 g/mol. The van der Waals surface area contributed by atoms with Crippen molar-refractivity contribution in [3.8, 4) is 0 Å². The molecule has 0 aliphatic heterocycles. The van der Waals surface area contributed by atoms with Crippen molar-refractivity contribution in [3.05, 3.63) is 52.8 Å². The van der Waals surface area contributed by atoms with Crippen molar-refractivity contribution in [1.29, 1.82) is 0 Å². The molecule has 0 spiro atoms. The Morgan fingerprint density at radius 2 is 2.26 bits per heavy atom. The number of aromatic nitrogens is 2. The van der Waals surface area contributed by atoms with Gasteiger partial charge >= 0.3 is 0 Å². The average molecular weight is 281 g/mol. The molecule has 2 aromatic rings. The lowest BCUT2D eigenvalue weighted by atomic mass is 10.1. The van der Waals surface area contributed by atoms with Crippen LogP contribution in [0.25, 0.3) is 0 Å². The molecular formula is C14H14ClFN2O. The lowest BCUT2D eigenvalue weighted by Crippen LogP contribution is -2.13. The first-order valence-electron chi connectivity index (χ1n) is 6.10. The molecule has 0 atom stereocenters. The highest BCUT2D eigenvalue weighted by atomic mass is 35.5. The van der Waals surface area contributed by atoms with Gasteiger partial charge in [0.2, 0.25) is 5.78 Å². The number of ketones is 1. The normalized spacial score (nSPS) is 10.7. The van der Waals surface area contributed by atoms with Gasteiger partial charge in [-0.05, 0) is 18.1 Å². The number of hydrogen-bond donors (Lipinski definition) is 0. The topological polar surface area (TPSA) is 34.9 Å². The highest BCUT2D eigenvalue weighted by Gasteiger charge is 2.16. The van der Waals surface area contributed by atoms with Crippen molar-refractivity contribution in [1.82, 2.24) is 9.55 Å².